The lowest BCUT2D eigenvalue weighted by atomic mass is 10.2. The van der Waals surface area contributed by atoms with Crippen molar-refractivity contribution >= 4 is 50.2 Å². The van der Waals surface area contributed by atoms with E-state index in [4.69, 9.17) is 4.74 Å². The highest BCUT2D eigenvalue weighted by atomic mass is 127. The van der Waals surface area contributed by atoms with E-state index < -0.39 is 0 Å². The molecule has 20 heavy (non-hydrogen) atoms. The van der Waals surface area contributed by atoms with Crippen LogP contribution in [0.25, 0.3) is 0 Å². The molecule has 2 rings (SSSR count). The molecular formula is C14H12BrIN2O2. The Hall–Kier alpha value is -1.15. The van der Waals surface area contributed by atoms with Crippen molar-refractivity contribution in [3.63, 3.8) is 0 Å². The van der Waals surface area contributed by atoms with Crippen LogP contribution < -0.4 is 10.1 Å². The van der Waals surface area contributed by atoms with Crippen LogP contribution in [0, 0.1) is 10.5 Å². The number of hydrogen-bond acceptors (Lipinski definition) is 3. The molecule has 0 saturated heterocycles. The first-order valence-electron chi connectivity index (χ1n) is 5.78. The highest BCUT2D eigenvalue weighted by molar-refractivity contribution is 14.1. The molecule has 1 heterocycles. The van der Waals surface area contributed by atoms with Gasteiger partial charge in [0.25, 0.3) is 5.91 Å². The fraction of sp³-hybridized carbons (Fsp3) is 0.143. The molecule has 2 aromatic rings. The van der Waals surface area contributed by atoms with Crippen molar-refractivity contribution in [3.8, 4) is 5.75 Å². The highest BCUT2D eigenvalue weighted by Gasteiger charge is 2.14. The Morgan fingerprint density at radius 1 is 1.40 bits per heavy atom. The summed E-state index contributed by atoms with van der Waals surface area (Å²) in [6.07, 6.45) is 1.71. The van der Waals surface area contributed by atoms with E-state index in [0.29, 0.717) is 17.1 Å². The molecule has 0 aliphatic heterocycles. The second kappa shape index (κ2) is 6.53. The van der Waals surface area contributed by atoms with Crippen LogP contribution in [0.3, 0.4) is 0 Å². The maximum absolute atomic E-state index is 12.3. The van der Waals surface area contributed by atoms with Gasteiger partial charge in [0, 0.05) is 14.2 Å². The fourth-order valence-electron chi connectivity index (χ4n) is 1.70. The number of hydrogen-bond donors (Lipinski definition) is 1. The molecular weight excluding hydrogens is 435 g/mol. The van der Waals surface area contributed by atoms with Gasteiger partial charge in [-0.3, -0.25) is 4.79 Å². The Morgan fingerprint density at radius 3 is 2.80 bits per heavy atom. The highest BCUT2D eigenvalue weighted by Crippen LogP contribution is 2.24. The summed E-state index contributed by atoms with van der Waals surface area (Å²) in [5.41, 5.74) is 1.38. The number of aromatic nitrogens is 1. The van der Waals surface area contributed by atoms with Gasteiger partial charge in [-0.15, -0.1) is 0 Å². The second-order valence-electron chi connectivity index (χ2n) is 4.12. The topological polar surface area (TPSA) is 51.2 Å². The molecule has 0 unspecified atom stereocenters. The van der Waals surface area contributed by atoms with E-state index in [1.807, 2.05) is 19.1 Å². The molecule has 0 fully saturated rings. The van der Waals surface area contributed by atoms with Crippen LogP contribution in [-0.4, -0.2) is 18.0 Å². The van der Waals surface area contributed by atoms with Gasteiger partial charge in [0.1, 0.15) is 11.6 Å². The first kappa shape index (κ1) is 15.2. The molecule has 0 aliphatic rings. The lowest BCUT2D eigenvalue weighted by Gasteiger charge is -2.11. The van der Waals surface area contributed by atoms with Crippen LogP contribution >= 0.6 is 38.5 Å². The monoisotopic (exact) mass is 446 g/mol. The van der Waals surface area contributed by atoms with Crippen molar-refractivity contribution in [2.45, 2.75) is 6.92 Å². The number of amides is 1. The molecule has 0 saturated carbocycles. The number of anilines is 1. The lowest BCUT2D eigenvalue weighted by molar-refractivity contribution is 0.102. The molecule has 1 aromatic heterocycles. The number of halogens is 2. The predicted molar refractivity (Wildman–Crippen MR) is 90.3 cm³/mol. The normalized spacial score (nSPS) is 10.2. The van der Waals surface area contributed by atoms with Crippen molar-refractivity contribution < 1.29 is 9.53 Å². The van der Waals surface area contributed by atoms with E-state index >= 15 is 0 Å². The third-order valence-electron chi connectivity index (χ3n) is 2.68. The Balaban J connectivity index is 2.30. The second-order valence-corrected chi connectivity index (χ2v) is 6.28. The SMILES string of the molecule is COc1ccc(Br)cc1C(=O)Nc1ncc(I)cc1C. The molecule has 0 spiro atoms. The van der Waals surface area contributed by atoms with Crippen LogP contribution in [0.2, 0.25) is 0 Å². The molecule has 0 aliphatic carbocycles. The van der Waals surface area contributed by atoms with Gasteiger partial charge in [0.2, 0.25) is 0 Å². The standard InChI is InChI=1S/C14H12BrIN2O2/c1-8-5-10(16)7-17-13(8)18-14(19)11-6-9(15)3-4-12(11)20-2/h3-7H,1-2H3,(H,17,18,19). The van der Waals surface area contributed by atoms with Crippen molar-refractivity contribution in [3.05, 3.63) is 49.6 Å². The number of benzene rings is 1. The first-order valence-corrected chi connectivity index (χ1v) is 7.65. The van der Waals surface area contributed by atoms with Gasteiger partial charge < -0.3 is 10.1 Å². The Labute approximate surface area is 139 Å². The number of pyridine rings is 1. The van der Waals surface area contributed by atoms with E-state index in [-0.39, 0.29) is 5.91 Å². The number of ether oxygens (including phenoxy) is 1. The van der Waals surface area contributed by atoms with E-state index in [0.717, 1.165) is 13.6 Å². The van der Waals surface area contributed by atoms with Gasteiger partial charge in [0.15, 0.2) is 0 Å². The first-order chi connectivity index (χ1) is 9.51. The van der Waals surface area contributed by atoms with E-state index in [1.165, 1.54) is 7.11 Å². The summed E-state index contributed by atoms with van der Waals surface area (Å²) < 4.78 is 7.05. The summed E-state index contributed by atoms with van der Waals surface area (Å²) in [5.74, 6) is 0.825. The van der Waals surface area contributed by atoms with Crippen molar-refractivity contribution in [2.24, 2.45) is 0 Å². The minimum absolute atomic E-state index is 0.250. The minimum atomic E-state index is -0.250. The molecule has 4 nitrogen and oxygen atoms in total. The maximum Gasteiger partial charge on any atom is 0.260 e. The number of aryl methyl sites for hydroxylation is 1. The number of carbonyl (C=O) groups is 1. The zero-order valence-corrected chi connectivity index (χ0v) is 14.6. The van der Waals surface area contributed by atoms with Crippen LogP contribution in [0.5, 0.6) is 5.75 Å². The number of rotatable bonds is 3. The van der Waals surface area contributed by atoms with Gasteiger partial charge in [-0.2, -0.15) is 0 Å². The fourth-order valence-corrected chi connectivity index (χ4v) is 2.67. The summed E-state index contributed by atoms with van der Waals surface area (Å²) in [6, 6.07) is 7.24. The molecule has 0 radical (unpaired) electrons. The predicted octanol–water partition coefficient (Wildman–Crippen LogP) is 4.02. The number of nitrogens with one attached hydrogen (secondary N) is 1. The van der Waals surface area contributed by atoms with Crippen molar-refractivity contribution in [2.75, 3.05) is 12.4 Å². The molecule has 1 amide bonds. The van der Waals surface area contributed by atoms with Crippen molar-refractivity contribution in [1.82, 2.24) is 4.98 Å². The number of methoxy groups -OCH3 is 1. The molecule has 0 bridgehead atoms. The molecule has 0 atom stereocenters. The minimum Gasteiger partial charge on any atom is -0.496 e. The van der Waals surface area contributed by atoms with Gasteiger partial charge in [-0.05, 0) is 59.3 Å². The lowest BCUT2D eigenvalue weighted by Crippen LogP contribution is -2.15. The number of carbonyl (C=O) groups excluding carboxylic acids is 1. The van der Waals surface area contributed by atoms with Crippen LogP contribution in [-0.2, 0) is 0 Å². The summed E-state index contributed by atoms with van der Waals surface area (Å²) >= 11 is 5.53. The summed E-state index contributed by atoms with van der Waals surface area (Å²) in [6.45, 7) is 1.91. The average Bonchev–Trinajstić information content (AvgIpc) is 2.41. The van der Waals surface area contributed by atoms with Gasteiger partial charge >= 0.3 is 0 Å². The Morgan fingerprint density at radius 2 is 2.15 bits per heavy atom. The summed E-state index contributed by atoms with van der Waals surface area (Å²) in [7, 11) is 1.54. The zero-order chi connectivity index (χ0) is 14.7. The van der Waals surface area contributed by atoms with Crippen LogP contribution in [0.4, 0.5) is 5.82 Å². The van der Waals surface area contributed by atoms with Gasteiger partial charge in [-0.25, -0.2) is 4.98 Å². The quantitative estimate of drug-likeness (QED) is 0.724. The molecule has 1 N–H and O–H groups in total. The molecule has 6 heteroatoms. The third kappa shape index (κ3) is 3.49. The van der Waals surface area contributed by atoms with Gasteiger partial charge in [0.05, 0.1) is 12.7 Å². The zero-order valence-electron chi connectivity index (χ0n) is 10.9. The van der Waals surface area contributed by atoms with Gasteiger partial charge in [-0.1, -0.05) is 15.9 Å². The largest absolute Gasteiger partial charge is 0.496 e. The molecule has 104 valence electrons. The third-order valence-corrected chi connectivity index (χ3v) is 3.77. The number of nitrogens with zero attached hydrogens (tertiary/aromatic N) is 1. The van der Waals surface area contributed by atoms with Crippen LogP contribution in [0.1, 0.15) is 15.9 Å². The van der Waals surface area contributed by atoms with E-state index in [1.54, 1.807) is 18.3 Å². The van der Waals surface area contributed by atoms with E-state index in [9.17, 15) is 4.79 Å². The van der Waals surface area contributed by atoms with Crippen molar-refractivity contribution in [1.29, 1.82) is 0 Å². The smallest absolute Gasteiger partial charge is 0.260 e. The Kier molecular flexibility index (Phi) is 4.98. The summed E-state index contributed by atoms with van der Waals surface area (Å²) in [4.78, 5) is 16.6. The summed E-state index contributed by atoms with van der Waals surface area (Å²) in [5, 5.41) is 2.80. The average molecular weight is 447 g/mol. The Bertz CT molecular complexity index is 662. The van der Waals surface area contributed by atoms with E-state index in [2.05, 4.69) is 48.8 Å². The maximum atomic E-state index is 12.3. The van der Waals surface area contributed by atoms with Crippen LogP contribution in [0.15, 0.2) is 34.9 Å². The molecule has 1 aromatic carbocycles.